The molecule has 0 aromatic rings. The molecule has 0 radical (unpaired) electrons. The Hall–Kier alpha value is -2.83. The maximum absolute atomic E-state index is 13.9. The number of rotatable bonds is 6. The Morgan fingerprint density at radius 2 is 1.74 bits per heavy atom. The summed E-state index contributed by atoms with van der Waals surface area (Å²) in [4.78, 5) is 64.1. The van der Waals surface area contributed by atoms with E-state index in [1.165, 1.54) is 6.08 Å². The summed E-state index contributed by atoms with van der Waals surface area (Å²) in [6.07, 6.45) is 9.73. The third-order valence-corrected chi connectivity index (χ3v) is 8.99. The van der Waals surface area contributed by atoms with Gasteiger partial charge in [-0.3, -0.25) is 24.0 Å². The zero-order valence-corrected chi connectivity index (χ0v) is 21.1. The minimum absolute atomic E-state index is 0.0186. The molecule has 35 heavy (non-hydrogen) atoms. The van der Waals surface area contributed by atoms with Crippen molar-refractivity contribution >= 4 is 29.3 Å². The summed E-state index contributed by atoms with van der Waals surface area (Å²) in [7, 11) is 0. The van der Waals surface area contributed by atoms with Gasteiger partial charge >= 0.3 is 11.9 Å². The van der Waals surface area contributed by atoms with E-state index in [9.17, 15) is 24.0 Å². The number of fused-ring (bicyclic) bond motifs is 5. The van der Waals surface area contributed by atoms with E-state index >= 15 is 0 Å². The molecule has 7 atom stereocenters. The minimum atomic E-state index is -1.57. The fourth-order valence-corrected chi connectivity index (χ4v) is 7.30. The molecule has 7 nitrogen and oxygen atoms in total. The van der Waals surface area contributed by atoms with Crippen LogP contribution in [0, 0.1) is 34.5 Å². The zero-order valence-electron chi connectivity index (χ0n) is 21.1. The molecule has 4 aliphatic rings. The first-order valence-corrected chi connectivity index (χ1v) is 12.5. The number of Topliss-reactive ketones (excluding diaryl/α,β-unsaturated/α-hetero) is 2. The second-order valence-corrected chi connectivity index (χ2v) is 10.8. The molecule has 0 aromatic carbocycles. The topological polar surface area (TPSA) is 104 Å². The summed E-state index contributed by atoms with van der Waals surface area (Å²) < 4.78 is 11.2. The largest absolute Gasteiger partial charge is 0.457 e. The lowest BCUT2D eigenvalue weighted by Gasteiger charge is -2.55. The normalized spacial score (nSPS) is 39.3. The maximum atomic E-state index is 13.9. The first kappa shape index (κ1) is 25.3. The molecule has 0 unspecified atom stereocenters. The second kappa shape index (κ2) is 8.68. The Morgan fingerprint density at radius 3 is 2.40 bits per heavy atom. The molecule has 7 heteroatoms. The molecule has 0 spiro atoms. The summed E-state index contributed by atoms with van der Waals surface area (Å²) in [6.45, 7) is 8.55. The molecule has 0 aromatic heterocycles. The Morgan fingerprint density at radius 1 is 1.06 bits per heavy atom. The molecule has 0 amide bonds. The molecule has 4 rings (SSSR count). The summed E-state index contributed by atoms with van der Waals surface area (Å²) in [5.74, 6) is -2.66. The van der Waals surface area contributed by atoms with Gasteiger partial charge in [-0.15, -0.1) is 0 Å². The summed E-state index contributed by atoms with van der Waals surface area (Å²) >= 11 is 0. The van der Waals surface area contributed by atoms with Crippen LogP contribution in [0.3, 0.4) is 0 Å². The predicted molar refractivity (Wildman–Crippen MR) is 127 cm³/mol. The number of carbonyl (C=O) groups excluding carboxylic acids is 5. The van der Waals surface area contributed by atoms with Crippen LogP contribution in [0.5, 0.6) is 0 Å². The highest BCUT2D eigenvalue weighted by Gasteiger charge is 2.72. The fourth-order valence-electron chi connectivity index (χ4n) is 7.30. The van der Waals surface area contributed by atoms with Gasteiger partial charge in [-0.25, -0.2) is 0 Å². The van der Waals surface area contributed by atoms with E-state index in [2.05, 4.69) is 0 Å². The molecule has 0 N–H and O–H groups in total. The standard InChI is InChI=1S/C28H34O7/c1-6-23(32)34-15-22(31)28(35-24(33)7-2)16(3)12-20-19-9-8-17-13-18(29)10-11-26(17,4)25(19)21(30)14-27(20,28)5/h8-11,13,16,19-20,25H,6-7,12,14-15H2,1-5H3/t16-,19+,20+,25-,26+,27+,28-/m1/s1. The van der Waals surface area contributed by atoms with Crippen LogP contribution in [0.4, 0.5) is 0 Å². The Labute approximate surface area is 206 Å². The molecule has 0 aliphatic heterocycles. The minimum Gasteiger partial charge on any atom is -0.457 e. The number of hydrogen-bond donors (Lipinski definition) is 0. The molecule has 2 saturated carbocycles. The molecule has 2 fully saturated rings. The van der Waals surface area contributed by atoms with E-state index in [0.717, 1.165) is 5.57 Å². The fraction of sp³-hybridized carbons (Fsp3) is 0.607. The summed E-state index contributed by atoms with van der Waals surface area (Å²) in [5.41, 5.74) is -2.31. The molecule has 4 aliphatic carbocycles. The molecule has 0 heterocycles. The average Bonchev–Trinajstić information content (AvgIpc) is 3.04. The quantitative estimate of drug-likeness (QED) is 0.532. The van der Waals surface area contributed by atoms with Crippen molar-refractivity contribution in [3.05, 3.63) is 36.0 Å². The van der Waals surface area contributed by atoms with Gasteiger partial charge in [0.2, 0.25) is 5.78 Å². The van der Waals surface area contributed by atoms with Crippen molar-refractivity contribution in [3.8, 4) is 0 Å². The van der Waals surface area contributed by atoms with Gasteiger partial charge < -0.3 is 9.47 Å². The monoisotopic (exact) mass is 482 g/mol. The third-order valence-electron chi connectivity index (χ3n) is 8.99. The van der Waals surface area contributed by atoms with Gasteiger partial charge in [0.15, 0.2) is 18.0 Å². The molecule has 188 valence electrons. The van der Waals surface area contributed by atoms with Gasteiger partial charge in [0.1, 0.15) is 5.78 Å². The molecule has 0 saturated heterocycles. The van der Waals surface area contributed by atoms with E-state index in [1.54, 1.807) is 19.9 Å². The Bertz CT molecular complexity index is 1080. The SMILES string of the molecule is CCC(=O)OCC(=O)[C@]1(OC(=O)CC)[C@H](C)C[C@H]2[C@@H]3C=CC4=CC(=O)C=C[C@]4(C)[C@H]3C(=O)C[C@@]21C. The number of allylic oxidation sites excluding steroid dienone is 6. The smallest absolute Gasteiger partial charge is 0.306 e. The van der Waals surface area contributed by atoms with E-state index in [0.29, 0.717) is 6.42 Å². The lowest BCUT2D eigenvalue weighted by molar-refractivity contribution is -0.196. The van der Waals surface area contributed by atoms with Crippen molar-refractivity contribution in [1.29, 1.82) is 0 Å². The molecular weight excluding hydrogens is 448 g/mol. The lowest BCUT2D eigenvalue weighted by atomic mass is 9.48. The van der Waals surface area contributed by atoms with Crippen LogP contribution in [0.15, 0.2) is 36.0 Å². The summed E-state index contributed by atoms with van der Waals surface area (Å²) in [6, 6.07) is 0. The van der Waals surface area contributed by atoms with Gasteiger partial charge in [0.05, 0.1) is 0 Å². The van der Waals surface area contributed by atoms with Crippen LogP contribution in [0.25, 0.3) is 0 Å². The Kier molecular flexibility index (Phi) is 6.27. The first-order valence-electron chi connectivity index (χ1n) is 12.5. The van der Waals surface area contributed by atoms with Gasteiger partial charge in [0.25, 0.3) is 0 Å². The third kappa shape index (κ3) is 3.57. The van der Waals surface area contributed by atoms with E-state index in [-0.39, 0.29) is 54.5 Å². The van der Waals surface area contributed by atoms with Crippen LogP contribution in [0.1, 0.15) is 60.3 Å². The van der Waals surface area contributed by atoms with Crippen molar-refractivity contribution in [2.75, 3.05) is 6.61 Å². The van der Waals surface area contributed by atoms with Gasteiger partial charge in [0, 0.05) is 41.9 Å². The number of ketones is 3. The van der Waals surface area contributed by atoms with Crippen LogP contribution < -0.4 is 0 Å². The van der Waals surface area contributed by atoms with E-state index < -0.39 is 40.8 Å². The maximum Gasteiger partial charge on any atom is 0.306 e. The predicted octanol–water partition coefficient (Wildman–Crippen LogP) is 3.71. The molecular formula is C28H34O7. The number of carbonyl (C=O) groups is 5. The van der Waals surface area contributed by atoms with Gasteiger partial charge in [-0.2, -0.15) is 0 Å². The van der Waals surface area contributed by atoms with Gasteiger partial charge in [-0.1, -0.05) is 52.8 Å². The highest BCUT2D eigenvalue weighted by Crippen LogP contribution is 2.67. The van der Waals surface area contributed by atoms with Crippen molar-refractivity contribution < 1.29 is 33.4 Å². The van der Waals surface area contributed by atoms with Crippen molar-refractivity contribution in [1.82, 2.24) is 0 Å². The highest BCUT2D eigenvalue weighted by atomic mass is 16.6. The zero-order chi connectivity index (χ0) is 25.8. The number of ether oxygens (including phenoxy) is 2. The number of esters is 2. The van der Waals surface area contributed by atoms with Crippen LogP contribution in [-0.2, 0) is 33.4 Å². The van der Waals surface area contributed by atoms with Crippen molar-refractivity contribution in [3.63, 3.8) is 0 Å². The van der Waals surface area contributed by atoms with Crippen molar-refractivity contribution in [2.45, 2.75) is 65.9 Å². The second-order valence-electron chi connectivity index (χ2n) is 10.8. The summed E-state index contributed by atoms with van der Waals surface area (Å²) in [5, 5.41) is 0. The van der Waals surface area contributed by atoms with Crippen LogP contribution in [-0.4, -0.2) is 41.5 Å². The lowest BCUT2D eigenvalue weighted by Crippen LogP contribution is -2.63. The Balaban J connectivity index is 1.80. The van der Waals surface area contributed by atoms with Crippen molar-refractivity contribution in [2.24, 2.45) is 34.5 Å². The van der Waals surface area contributed by atoms with Gasteiger partial charge in [-0.05, 0) is 36.0 Å². The van der Waals surface area contributed by atoms with E-state index in [4.69, 9.17) is 9.47 Å². The van der Waals surface area contributed by atoms with E-state index in [1.807, 2.05) is 39.0 Å². The number of hydrogen-bond acceptors (Lipinski definition) is 7. The molecule has 0 bridgehead atoms. The van der Waals surface area contributed by atoms with Crippen LogP contribution >= 0.6 is 0 Å². The average molecular weight is 483 g/mol. The van der Waals surface area contributed by atoms with Crippen LogP contribution in [0.2, 0.25) is 0 Å². The highest BCUT2D eigenvalue weighted by molar-refractivity contribution is 6.02. The first-order chi connectivity index (χ1) is 16.4.